The van der Waals surface area contributed by atoms with Gasteiger partial charge in [-0.05, 0) is 25.0 Å². The molecule has 0 spiro atoms. The monoisotopic (exact) mass is 225 g/mol. The van der Waals surface area contributed by atoms with E-state index in [4.69, 9.17) is 10.5 Å². The predicted molar refractivity (Wildman–Crippen MR) is 66.4 cm³/mol. The first-order valence-corrected chi connectivity index (χ1v) is 6.05. The van der Waals surface area contributed by atoms with Gasteiger partial charge in [-0.15, -0.1) is 0 Å². The third-order valence-corrected chi connectivity index (χ3v) is 3.26. The third kappa shape index (κ3) is 2.57. The number of nitriles is 2. The molecule has 1 aromatic rings. The number of nitrogens with one attached hydrogen (secondary N) is 1. The Balaban J connectivity index is 2.24. The van der Waals surface area contributed by atoms with E-state index in [1.165, 1.54) is 19.3 Å². The molecule has 0 heterocycles. The zero-order valence-corrected chi connectivity index (χ0v) is 9.74. The van der Waals surface area contributed by atoms with Crippen LogP contribution in [0.2, 0.25) is 0 Å². The summed E-state index contributed by atoms with van der Waals surface area (Å²) in [5, 5.41) is 21.5. The van der Waals surface area contributed by atoms with Gasteiger partial charge < -0.3 is 5.32 Å². The summed E-state index contributed by atoms with van der Waals surface area (Å²) in [4.78, 5) is 0. The van der Waals surface area contributed by atoms with E-state index in [9.17, 15) is 0 Å². The van der Waals surface area contributed by atoms with Crippen LogP contribution in [0.5, 0.6) is 0 Å². The molecule has 0 aromatic heterocycles. The Morgan fingerprint density at radius 1 is 1.00 bits per heavy atom. The fourth-order valence-corrected chi connectivity index (χ4v) is 2.35. The lowest BCUT2D eigenvalue weighted by Gasteiger charge is -2.24. The molecule has 0 bridgehead atoms. The molecule has 2 rings (SSSR count). The van der Waals surface area contributed by atoms with Gasteiger partial charge in [-0.3, -0.25) is 0 Å². The van der Waals surface area contributed by atoms with Crippen LogP contribution in [0.1, 0.15) is 43.2 Å². The van der Waals surface area contributed by atoms with Gasteiger partial charge in [-0.2, -0.15) is 10.5 Å². The Hall–Kier alpha value is -2.00. The summed E-state index contributed by atoms with van der Waals surface area (Å²) < 4.78 is 0. The molecule has 0 unspecified atom stereocenters. The van der Waals surface area contributed by atoms with Crippen LogP contribution in [0.4, 0.5) is 5.69 Å². The molecular formula is C14H15N3. The number of anilines is 1. The molecular weight excluding hydrogens is 210 g/mol. The standard InChI is InChI=1S/C14H15N3/c15-9-11-5-4-6-12(10-16)14(11)17-13-7-2-1-3-8-13/h4-6,13,17H,1-3,7-8H2. The number of para-hydroxylation sites is 1. The molecule has 1 aromatic carbocycles. The van der Waals surface area contributed by atoms with Gasteiger partial charge in [0.25, 0.3) is 0 Å². The molecule has 0 radical (unpaired) electrons. The molecule has 3 heteroatoms. The van der Waals surface area contributed by atoms with Crippen LogP contribution in [0.3, 0.4) is 0 Å². The van der Waals surface area contributed by atoms with Gasteiger partial charge in [0, 0.05) is 6.04 Å². The zero-order valence-electron chi connectivity index (χ0n) is 9.74. The van der Waals surface area contributed by atoms with E-state index in [0.29, 0.717) is 22.9 Å². The van der Waals surface area contributed by atoms with Crippen LogP contribution < -0.4 is 5.32 Å². The highest BCUT2D eigenvalue weighted by Gasteiger charge is 2.16. The normalized spacial score (nSPS) is 15.9. The Bertz CT molecular complexity index is 441. The molecule has 1 N–H and O–H groups in total. The van der Waals surface area contributed by atoms with E-state index in [0.717, 1.165) is 12.8 Å². The second-order valence-electron chi connectivity index (χ2n) is 4.43. The second kappa shape index (κ2) is 5.37. The molecule has 0 saturated heterocycles. The summed E-state index contributed by atoms with van der Waals surface area (Å²) in [6, 6.07) is 9.97. The van der Waals surface area contributed by atoms with E-state index in [2.05, 4.69) is 17.5 Å². The minimum absolute atomic E-state index is 0.408. The average molecular weight is 225 g/mol. The topological polar surface area (TPSA) is 59.6 Å². The molecule has 0 amide bonds. The Kier molecular flexibility index (Phi) is 3.62. The van der Waals surface area contributed by atoms with Crippen LogP contribution in [-0.4, -0.2) is 6.04 Å². The number of benzene rings is 1. The van der Waals surface area contributed by atoms with Crippen LogP contribution in [0, 0.1) is 22.7 Å². The van der Waals surface area contributed by atoms with Gasteiger partial charge in [0.15, 0.2) is 0 Å². The smallest absolute Gasteiger partial charge is 0.101 e. The highest BCUT2D eigenvalue weighted by Crippen LogP contribution is 2.26. The van der Waals surface area contributed by atoms with E-state index >= 15 is 0 Å². The Labute approximate surface area is 102 Å². The lowest BCUT2D eigenvalue weighted by atomic mass is 9.94. The molecule has 1 aliphatic carbocycles. The van der Waals surface area contributed by atoms with Crippen molar-refractivity contribution in [2.45, 2.75) is 38.1 Å². The Morgan fingerprint density at radius 3 is 2.12 bits per heavy atom. The van der Waals surface area contributed by atoms with E-state index in [1.54, 1.807) is 18.2 Å². The first-order chi connectivity index (χ1) is 8.35. The first kappa shape index (κ1) is 11.5. The predicted octanol–water partition coefficient (Wildman–Crippen LogP) is 3.17. The van der Waals surface area contributed by atoms with Crippen molar-refractivity contribution in [2.24, 2.45) is 0 Å². The van der Waals surface area contributed by atoms with Crippen LogP contribution >= 0.6 is 0 Å². The first-order valence-electron chi connectivity index (χ1n) is 6.05. The number of hydrogen-bond acceptors (Lipinski definition) is 3. The zero-order chi connectivity index (χ0) is 12.1. The minimum atomic E-state index is 0.408. The van der Waals surface area contributed by atoms with Crippen molar-refractivity contribution < 1.29 is 0 Å². The summed E-state index contributed by atoms with van der Waals surface area (Å²) >= 11 is 0. The summed E-state index contributed by atoms with van der Waals surface area (Å²) in [5.41, 5.74) is 1.84. The minimum Gasteiger partial charge on any atom is -0.380 e. The number of hydrogen-bond donors (Lipinski definition) is 1. The Morgan fingerprint density at radius 2 is 1.59 bits per heavy atom. The summed E-state index contributed by atoms with van der Waals surface area (Å²) in [6.07, 6.45) is 6.01. The molecule has 17 heavy (non-hydrogen) atoms. The summed E-state index contributed by atoms with van der Waals surface area (Å²) in [7, 11) is 0. The van der Waals surface area contributed by atoms with Gasteiger partial charge in [-0.25, -0.2) is 0 Å². The largest absolute Gasteiger partial charge is 0.380 e. The average Bonchev–Trinajstić information content (AvgIpc) is 2.40. The fourth-order valence-electron chi connectivity index (χ4n) is 2.35. The summed E-state index contributed by atoms with van der Waals surface area (Å²) in [6.45, 7) is 0. The highest BCUT2D eigenvalue weighted by atomic mass is 14.9. The summed E-state index contributed by atoms with van der Waals surface area (Å²) in [5.74, 6) is 0. The third-order valence-electron chi connectivity index (χ3n) is 3.26. The molecule has 1 saturated carbocycles. The highest BCUT2D eigenvalue weighted by molar-refractivity contribution is 5.66. The van der Waals surface area contributed by atoms with Gasteiger partial charge in [0.2, 0.25) is 0 Å². The van der Waals surface area contributed by atoms with Crippen LogP contribution in [-0.2, 0) is 0 Å². The molecule has 0 atom stereocenters. The van der Waals surface area contributed by atoms with Crippen LogP contribution in [0.25, 0.3) is 0 Å². The van der Waals surface area contributed by atoms with E-state index in [1.807, 2.05) is 0 Å². The van der Waals surface area contributed by atoms with Crippen molar-refractivity contribution in [2.75, 3.05) is 5.32 Å². The van der Waals surface area contributed by atoms with E-state index in [-0.39, 0.29) is 0 Å². The molecule has 1 aliphatic rings. The fraction of sp³-hybridized carbons (Fsp3) is 0.429. The van der Waals surface area contributed by atoms with Gasteiger partial charge in [0.1, 0.15) is 12.1 Å². The van der Waals surface area contributed by atoms with Crippen molar-refractivity contribution in [1.82, 2.24) is 0 Å². The maximum atomic E-state index is 9.07. The van der Waals surface area contributed by atoms with Crippen molar-refractivity contribution in [3.63, 3.8) is 0 Å². The maximum Gasteiger partial charge on any atom is 0.101 e. The lowest BCUT2D eigenvalue weighted by molar-refractivity contribution is 0.462. The molecule has 86 valence electrons. The van der Waals surface area contributed by atoms with Gasteiger partial charge >= 0.3 is 0 Å². The maximum absolute atomic E-state index is 9.07. The van der Waals surface area contributed by atoms with Crippen molar-refractivity contribution in [1.29, 1.82) is 10.5 Å². The lowest BCUT2D eigenvalue weighted by Crippen LogP contribution is -2.23. The van der Waals surface area contributed by atoms with E-state index < -0.39 is 0 Å². The number of rotatable bonds is 2. The van der Waals surface area contributed by atoms with Gasteiger partial charge in [-0.1, -0.05) is 25.3 Å². The number of nitrogens with zero attached hydrogens (tertiary/aromatic N) is 2. The van der Waals surface area contributed by atoms with Crippen molar-refractivity contribution in [3.8, 4) is 12.1 Å². The second-order valence-corrected chi connectivity index (χ2v) is 4.43. The molecule has 3 nitrogen and oxygen atoms in total. The van der Waals surface area contributed by atoms with Crippen molar-refractivity contribution >= 4 is 5.69 Å². The van der Waals surface area contributed by atoms with Gasteiger partial charge in [0.05, 0.1) is 16.8 Å². The molecule has 1 fully saturated rings. The quantitative estimate of drug-likeness (QED) is 0.840. The van der Waals surface area contributed by atoms with Crippen molar-refractivity contribution in [3.05, 3.63) is 29.3 Å². The SMILES string of the molecule is N#Cc1cccc(C#N)c1NC1CCCCC1. The van der Waals surface area contributed by atoms with Crippen LogP contribution in [0.15, 0.2) is 18.2 Å². The molecule has 0 aliphatic heterocycles.